The lowest BCUT2D eigenvalue weighted by Gasteiger charge is -2.27. The van der Waals surface area contributed by atoms with Crippen LogP contribution < -0.4 is 9.47 Å². The molecule has 0 spiro atoms. The Kier molecular flexibility index (Phi) is 9.79. The molecule has 194 valence electrons. The van der Waals surface area contributed by atoms with Gasteiger partial charge in [-0.2, -0.15) is 0 Å². The number of aliphatic hydroxyl groups is 1. The Morgan fingerprint density at radius 3 is 2.22 bits per heavy atom. The molecule has 3 rings (SSSR count). The van der Waals surface area contributed by atoms with Crippen molar-refractivity contribution in [2.24, 2.45) is 0 Å². The molecule has 1 aliphatic heterocycles. The quantitative estimate of drug-likeness (QED) is 0.235. The van der Waals surface area contributed by atoms with Crippen LogP contribution in [0.2, 0.25) is 5.02 Å². The SMILES string of the molecule is CCOc1ccc([C@@H]2/C(=C(\O)c3ccc(Cl)cc3)C(=O)C(=O)N2CCCN(CC)CC)cc1OCC. The van der Waals surface area contributed by atoms with E-state index in [1.54, 1.807) is 41.3 Å². The van der Waals surface area contributed by atoms with Gasteiger partial charge in [-0.1, -0.05) is 31.5 Å². The van der Waals surface area contributed by atoms with Crippen molar-refractivity contribution in [1.82, 2.24) is 9.80 Å². The van der Waals surface area contributed by atoms with Crippen LogP contribution in [-0.4, -0.2) is 66.0 Å². The molecule has 1 saturated heterocycles. The Labute approximate surface area is 218 Å². The van der Waals surface area contributed by atoms with E-state index in [9.17, 15) is 14.7 Å². The maximum absolute atomic E-state index is 13.3. The molecule has 1 aliphatic rings. The van der Waals surface area contributed by atoms with Gasteiger partial charge in [0.15, 0.2) is 11.5 Å². The van der Waals surface area contributed by atoms with E-state index in [-0.39, 0.29) is 11.3 Å². The number of halogens is 1. The van der Waals surface area contributed by atoms with E-state index in [2.05, 4.69) is 18.7 Å². The number of carbonyl (C=O) groups excluding carboxylic acids is 2. The van der Waals surface area contributed by atoms with Crippen LogP contribution in [0.15, 0.2) is 48.0 Å². The van der Waals surface area contributed by atoms with Crippen molar-refractivity contribution < 1.29 is 24.2 Å². The number of carbonyl (C=O) groups is 2. The predicted octanol–water partition coefficient (Wildman–Crippen LogP) is 5.29. The molecule has 0 saturated carbocycles. The van der Waals surface area contributed by atoms with E-state index in [1.165, 1.54) is 0 Å². The second-order valence-electron chi connectivity index (χ2n) is 8.45. The highest BCUT2D eigenvalue weighted by atomic mass is 35.5. The fourth-order valence-electron chi connectivity index (χ4n) is 4.46. The van der Waals surface area contributed by atoms with Gasteiger partial charge in [-0.3, -0.25) is 9.59 Å². The molecule has 1 atom stereocenters. The first-order valence-corrected chi connectivity index (χ1v) is 12.9. The van der Waals surface area contributed by atoms with E-state index in [0.717, 1.165) is 19.6 Å². The van der Waals surface area contributed by atoms with E-state index in [1.807, 2.05) is 19.9 Å². The summed E-state index contributed by atoms with van der Waals surface area (Å²) in [6.07, 6.45) is 0.696. The zero-order chi connectivity index (χ0) is 26.2. The van der Waals surface area contributed by atoms with Crippen LogP contribution in [0.1, 0.15) is 51.3 Å². The monoisotopic (exact) mass is 514 g/mol. The van der Waals surface area contributed by atoms with Crippen molar-refractivity contribution >= 4 is 29.1 Å². The van der Waals surface area contributed by atoms with Crippen LogP contribution in [0.4, 0.5) is 0 Å². The molecule has 36 heavy (non-hydrogen) atoms. The molecular weight excluding hydrogens is 480 g/mol. The van der Waals surface area contributed by atoms with Gasteiger partial charge in [0, 0.05) is 17.1 Å². The minimum atomic E-state index is -0.757. The third kappa shape index (κ3) is 6.02. The Bertz CT molecular complexity index is 1100. The summed E-state index contributed by atoms with van der Waals surface area (Å²) in [6, 6.07) is 11.2. The molecule has 0 unspecified atom stereocenters. The zero-order valence-electron chi connectivity index (χ0n) is 21.4. The van der Waals surface area contributed by atoms with Gasteiger partial charge in [-0.25, -0.2) is 0 Å². The highest BCUT2D eigenvalue weighted by Gasteiger charge is 2.46. The van der Waals surface area contributed by atoms with E-state index in [4.69, 9.17) is 21.1 Å². The third-order valence-electron chi connectivity index (χ3n) is 6.31. The van der Waals surface area contributed by atoms with Gasteiger partial charge in [0.25, 0.3) is 11.7 Å². The summed E-state index contributed by atoms with van der Waals surface area (Å²) in [6.45, 7) is 11.8. The molecule has 2 aromatic carbocycles. The summed E-state index contributed by atoms with van der Waals surface area (Å²) in [7, 11) is 0. The normalized spacial score (nSPS) is 17.2. The van der Waals surface area contributed by atoms with Gasteiger partial charge in [0.1, 0.15) is 5.76 Å². The lowest BCUT2D eigenvalue weighted by molar-refractivity contribution is -0.140. The standard InChI is InChI=1S/C28H35ClN2O5/c1-5-30(6-2)16-9-17-31-25(20-12-15-22(35-7-3)23(18-20)36-8-4)24(27(33)28(31)34)26(32)19-10-13-21(29)14-11-19/h10-15,18,25,32H,5-9,16-17H2,1-4H3/b26-24+/t25-/m1/s1. The Morgan fingerprint density at radius 2 is 1.61 bits per heavy atom. The number of hydrogen-bond acceptors (Lipinski definition) is 6. The summed E-state index contributed by atoms with van der Waals surface area (Å²) < 4.78 is 11.5. The minimum Gasteiger partial charge on any atom is -0.507 e. The molecule has 1 heterocycles. The fraction of sp³-hybridized carbons (Fsp3) is 0.429. The summed E-state index contributed by atoms with van der Waals surface area (Å²) in [5.41, 5.74) is 1.14. The first-order chi connectivity index (χ1) is 17.4. The molecule has 8 heteroatoms. The molecule has 0 aromatic heterocycles. The fourth-order valence-corrected chi connectivity index (χ4v) is 4.59. The van der Waals surface area contributed by atoms with Gasteiger partial charge in [-0.15, -0.1) is 0 Å². The van der Waals surface area contributed by atoms with Crippen molar-refractivity contribution in [3.05, 3.63) is 64.2 Å². The number of nitrogens with zero attached hydrogens (tertiary/aromatic N) is 2. The number of Topliss-reactive ketones (excluding diaryl/α,β-unsaturated/α-hetero) is 1. The molecular formula is C28H35ClN2O5. The van der Waals surface area contributed by atoms with E-state index in [0.29, 0.717) is 53.8 Å². The molecule has 1 amide bonds. The number of ketones is 1. The lowest BCUT2D eigenvalue weighted by Crippen LogP contribution is -2.33. The average molecular weight is 515 g/mol. The molecule has 0 radical (unpaired) electrons. The summed E-state index contributed by atoms with van der Waals surface area (Å²) in [5.74, 6) is -0.450. The second kappa shape index (κ2) is 12.8. The smallest absolute Gasteiger partial charge is 0.295 e. The number of aliphatic hydroxyl groups excluding tert-OH is 1. The van der Waals surface area contributed by atoms with Crippen LogP contribution in [0.5, 0.6) is 11.5 Å². The number of rotatable bonds is 12. The van der Waals surface area contributed by atoms with Gasteiger partial charge in [0.2, 0.25) is 0 Å². The molecule has 0 aliphatic carbocycles. The topological polar surface area (TPSA) is 79.3 Å². The Balaban J connectivity index is 2.09. The number of amides is 1. The van der Waals surface area contributed by atoms with Crippen molar-refractivity contribution in [2.45, 2.75) is 40.2 Å². The molecule has 7 nitrogen and oxygen atoms in total. The number of hydrogen-bond donors (Lipinski definition) is 1. The highest BCUT2D eigenvalue weighted by Crippen LogP contribution is 2.42. The molecule has 1 fully saturated rings. The van der Waals surface area contributed by atoms with Gasteiger partial charge in [0.05, 0.1) is 24.8 Å². The maximum atomic E-state index is 13.3. The largest absolute Gasteiger partial charge is 0.507 e. The van der Waals surface area contributed by atoms with Crippen LogP contribution in [-0.2, 0) is 9.59 Å². The van der Waals surface area contributed by atoms with Gasteiger partial charge >= 0.3 is 0 Å². The number of ether oxygens (including phenoxy) is 2. The Hall–Kier alpha value is -3.03. The van der Waals surface area contributed by atoms with Crippen molar-refractivity contribution in [1.29, 1.82) is 0 Å². The van der Waals surface area contributed by atoms with Gasteiger partial charge in [-0.05, 0) is 81.9 Å². The first-order valence-electron chi connectivity index (χ1n) is 12.5. The van der Waals surface area contributed by atoms with Crippen molar-refractivity contribution in [2.75, 3.05) is 39.4 Å². The summed E-state index contributed by atoms with van der Waals surface area (Å²) >= 11 is 6.01. The lowest BCUT2D eigenvalue weighted by atomic mass is 9.95. The zero-order valence-corrected chi connectivity index (χ0v) is 22.2. The van der Waals surface area contributed by atoms with Crippen LogP contribution in [0.3, 0.4) is 0 Å². The molecule has 0 bridgehead atoms. The molecule has 2 aromatic rings. The predicted molar refractivity (Wildman–Crippen MR) is 142 cm³/mol. The van der Waals surface area contributed by atoms with Crippen molar-refractivity contribution in [3.63, 3.8) is 0 Å². The minimum absolute atomic E-state index is 0.0526. The van der Waals surface area contributed by atoms with E-state index >= 15 is 0 Å². The van der Waals surface area contributed by atoms with Crippen LogP contribution in [0.25, 0.3) is 5.76 Å². The molecule has 1 N–H and O–H groups in total. The van der Waals surface area contributed by atoms with E-state index < -0.39 is 17.7 Å². The second-order valence-corrected chi connectivity index (χ2v) is 8.89. The summed E-state index contributed by atoms with van der Waals surface area (Å²) in [5, 5.41) is 11.7. The van der Waals surface area contributed by atoms with Gasteiger partial charge < -0.3 is 24.4 Å². The van der Waals surface area contributed by atoms with Crippen LogP contribution >= 0.6 is 11.6 Å². The summed E-state index contributed by atoms with van der Waals surface area (Å²) in [4.78, 5) is 30.3. The van der Waals surface area contributed by atoms with Crippen LogP contribution in [0, 0.1) is 0 Å². The maximum Gasteiger partial charge on any atom is 0.295 e. The third-order valence-corrected chi connectivity index (χ3v) is 6.56. The number of likely N-dealkylation sites (tertiary alicyclic amines) is 1. The number of benzene rings is 2. The average Bonchev–Trinajstić information content (AvgIpc) is 3.13. The van der Waals surface area contributed by atoms with Crippen molar-refractivity contribution in [3.8, 4) is 11.5 Å². The first kappa shape index (κ1) is 27.6. The highest BCUT2D eigenvalue weighted by molar-refractivity contribution is 6.46. The Morgan fingerprint density at radius 1 is 0.972 bits per heavy atom.